The Balaban J connectivity index is 0.00000272. The van der Waals surface area contributed by atoms with Gasteiger partial charge in [0.1, 0.15) is 11.9 Å². The molecule has 0 spiro atoms. The van der Waals surface area contributed by atoms with E-state index in [0.29, 0.717) is 13.2 Å². The van der Waals surface area contributed by atoms with E-state index in [1.807, 2.05) is 0 Å². The van der Waals surface area contributed by atoms with Crippen molar-refractivity contribution in [3.8, 4) is 5.75 Å². The van der Waals surface area contributed by atoms with E-state index in [4.69, 9.17) is 9.47 Å². The molecule has 0 amide bonds. The third-order valence-corrected chi connectivity index (χ3v) is 5.35. The highest BCUT2D eigenvalue weighted by atomic mass is 127. The van der Waals surface area contributed by atoms with Crippen LogP contribution in [0.5, 0.6) is 5.75 Å². The number of ether oxygens (including phenoxy) is 2. The van der Waals surface area contributed by atoms with Crippen molar-refractivity contribution in [3.05, 3.63) is 65.4 Å². The molecule has 166 valence electrons. The number of hydrogen-bond acceptors (Lipinski definition) is 3. The van der Waals surface area contributed by atoms with Gasteiger partial charge in [-0.1, -0.05) is 30.3 Å². The molecule has 0 saturated carbocycles. The maximum absolute atomic E-state index is 6.19. The summed E-state index contributed by atoms with van der Waals surface area (Å²) in [6, 6.07) is 16.9. The number of fused-ring (bicyclic) bond motifs is 1. The summed E-state index contributed by atoms with van der Waals surface area (Å²) < 4.78 is 11.6. The molecule has 4 rings (SSSR count). The zero-order valence-corrected chi connectivity index (χ0v) is 20.4. The fraction of sp³-hybridized carbons (Fsp3) is 0.375. The van der Waals surface area contributed by atoms with Gasteiger partial charge >= 0.3 is 0 Å². The molecule has 31 heavy (non-hydrogen) atoms. The summed E-state index contributed by atoms with van der Waals surface area (Å²) in [7, 11) is 1.79. The van der Waals surface area contributed by atoms with Crippen LogP contribution in [0.25, 0.3) is 10.9 Å². The average molecular weight is 534 g/mol. The molecule has 1 atom stereocenters. The Morgan fingerprint density at radius 2 is 2.06 bits per heavy atom. The molecule has 3 N–H and O–H groups in total. The Labute approximate surface area is 200 Å². The lowest BCUT2D eigenvalue weighted by atomic mass is 10.1. The molecular formula is C24H31IN4O2. The molecule has 3 aromatic rings. The maximum Gasteiger partial charge on any atom is 0.191 e. The van der Waals surface area contributed by atoms with Gasteiger partial charge in [0, 0.05) is 49.8 Å². The lowest BCUT2D eigenvalue weighted by Crippen LogP contribution is -2.38. The maximum atomic E-state index is 6.19. The van der Waals surface area contributed by atoms with E-state index in [2.05, 4.69) is 76.1 Å². The molecule has 1 saturated heterocycles. The van der Waals surface area contributed by atoms with Gasteiger partial charge in [0.15, 0.2) is 5.96 Å². The summed E-state index contributed by atoms with van der Waals surface area (Å²) in [5.41, 5.74) is 4.70. The number of halogens is 1. The second-order valence-corrected chi connectivity index (χ2v) is 7.70. The third-order valence-electron chi connectivity index (χ3n) is 5.35. The van der Waals surface area contributed by atoms with Crippen LogP contribution in [-0.4, -0.2) is 43.9 Å². The Bertz CT molecular complexity index is 979. The number of aromatic nitrogens is 1. The molecule has 1 aliphatic heterocycles. The highest BCUT2D eigenvalue weighted by Gasteiger charge is 2.18. The second-order valence-electron chi connectivity index (χ2n) is 7.70. The zero-order valence-electron chi connectivity index (χ0n) is 18.1. The molecule has 0 aliphatic carbocycles. The Kier molecular flexibility index (Phi) is 8.60. The number of guanidine groups is 1. The second kappa shape index (κ2) is 11.4. The van der Waals surface area contributed by atoms with Gasteiger partial charge in [-0.3, -0.25) is 4.99 Å². The SMILES string of the molecule is CN=C(NCCc1cc2ccccc2[nH]1)NCc1ccc(C)cc1OC1CCOC1.I. The number of rotatable bonds is 7. The van der Waals surface area contributed by atoms with E-state index < -0.39 is 0 Å². The fourth-order valence-electron chi connectivity index (χ4n) is 3.69. The van der Waals surface area contributed by atoms with Gasteiger partial charge < -0.3 is 25.1 Å². The smallest absolute Gasteiger partial charge is 0.191 e. The highest BCUT2D eigenvalue weighted by molar-refractivity contribution is 14.0. The minimum absolute atomic E-state index is 0. The molecule has 1 aliphatic rings. The van der Waals surface area contributed by atoms with Crippen LogP contribution in [0.2, 0.25) is 0 Å². The first-order valence-corrected chi connectivity index (χ1v) is 10.6. The van der Waals surface area contributed by atoms with Crippen molar-refractivity contribution in [1.82, 2.24) is 15.6 Å². The molecule has 6 nitrogen and oxygen atoms in total. The predicted molar refractivity (Wildman–Crippen MR) is 137 cm³/mol. The summed E-state index contributed by atoms with van der Waals surface area (Å²) in [5.74, 6) is 1.70. The predicted octanol–water partition coefficient (Wildman–Crippen LogP) is 4.17. The van der Waals surface area contributed by atoms with E-state index in [1.54, 1.807) is 7.05 Å². The zero-order chi connectivity index (χ0) is 20.8. The van der Waals surface area contributed by atoms with Crippen molar-refractivity contribution in [1.29, 1.82) is 0 Å². The minimum atomic E-state index is 0. The molecule has 1 unspecified atom stereocenters. The Hall–Kier alpha value is -2.26. The van der Waals surface area contributed by atoms with Crippen LogP contribution >= 0.6 is 24.0 Å². The molecule has 7 heteroatoms. The van der Waals surface area contributed by atoms with E-state index >= 15 is 0 Å². The number of H-pyrrole nitrogens is 1. The number of aliphatic imine (C=N–C) groups is 1. The van der Waals surface area contributed by atoms with Crippen LogP contribution in [0.15, 0.2) is 53.5 Å². The van der Waals surface area contributed by atoms with E-state index in [1.165, 1.54) is 22.2 Å². The molecule has 1 fully saturated rings. The number of aryl methyl sites for hydroxylation is 1. The third kappa shape index (κ3) is 6.36. The van der Waals surface area contributed by atoms with Crippen molar-refractivity contribution < 1.29 is 9.47 Å². The van der Waals surface area contributed by atoms with Crippen LogP contribution in [0, 0.1) is 6.92 Å². The normalized spacial score (nSPS) is 16.2. The van der Waals surface area contributed by atoms with Crippen LogP contribution in [-0.2, 0) is 17.7 Å². The first-order chi connectivity index (χ1) is 14.7. The molecule has 1 aromatic heterocycles. The monoisotopic (exact) mass is 534 g/mol. The first-order valence-electron chi connectivity index (χ1n) is 10.6. The van der Waals surface area contributed by atoms with E-state index in [-0.39, 0.29) is 30.1 Å². The van der Waals surface area contributed by atoms with Gasteiger partial charge in [0.25, 0.3) is 0 Å². The first kappa shape index (κ1) is 23.4. The van der Waals surface area contributed by atoms with Crippen molar-refractivity contribution in [2.24, 2.45) is 4.99 Å². The standard InChI is InChI=1S/C24H30N4O2.HI/c1-17-7-8-19(23(13-17)30-21-10-12-29-16-21)15-27-24(25-2)26-11-9-20-14-18-5-3-4-6-22(18)28-20;/h3-8,13-14,21,28H,9-12,15-16H2,1-2H3,(H2,25,26,27);1H. The Morgan fingerprint density at radius 3 is 2.84 bits per heavy atom. The number of nitrogens with one attached hydrogen (secondary N) is 3. The molecule has 0 radical (unpaired) electrons. The quantitative estimate of drug-likeness (QED) is 0.242. The summed E-state index contributed by atoms with van der Waals surface area (Å²) in [4.78, 5) is 7.82. The van der Waals surface area contributed by atoms with Crippen molar-refractivity contribution in [2.45, 2.75) is 32.4 Å². The van der Waals surface area contributed by atoms with Crippen LogP contribution in [0.4, 0.5) is 0 Å². The summed E-state index contributed by atoms with van der Waals surface area (Å²) in [6.45, 7) is 4.97. The van der Waals surface area contributed by atoms with E-state index in [9.17, 15) is 0 Å². The molecule has 2 aromatic carbocycles. The van der Waals surface area contributed by atoms with E-state index in [0.717, 1.165) is 43.3 Å². The molecule has 2 heterocycles. The highest BCUT2D eigenvalue weighted by Crippen LogP contribution is 2.23. The number of nitrogens with zero attached hydrogens (tertiary/aromatic N) is 1. The van der Waals surface area contributed by atoms with Crippen molar-refractivity contribution >= 4 is 40.8 Å². The molecule has 0 bridgehead atoms. The number of hydrogen-bond donors (Lipinski definition) is 3. The van der Waals surface area contributed by atoms with Gasteiger partial charge in [-0.05, 0) is 36.1 Å². The van der Waals surface area contributed by atoms with Gasteiger partial charge in [-0.15, -0.1) is 24.0 Å². The van der Waals surface area contributed by atoms with Crippen LogP contribution < -0.4 is 15.4 Å². The minimum Gasteiger partial charge on any atom is -0.488 e. The lowest BCUT2D eigenvalue weighted by molar-refractivity contribution is 0.140. The van der Waals surface area contributed by atoms with Gasteiger partial charge in [-0.2, -0.15) is 0 Å². The van der Waals surface area contributed by atoms with Gasteiger partial charge in [0.2, 0.25) is 0 Å². The van der Waals surface area contributed by atoms with Crippen LogP contribution in [0.3, 0.4) is 0 Å². The lowest BCUT2D eigenvalue weighted by Gasteiger charge is -2.18. The number of para-hydroxylation sites is 1. The van der Waals surface area contributed by atoms with Gasteiger partial charge in [0.05, 0.1) is 13.2 Å². The molecular weight excluding hydrogens is 503 g/mol. The van der Waals surface area contributed by atoms with Crippen LogP contribution in [0.1, 0.15) is 23.2 Å². The van der Waals surface area contributed by atoms with Crippen molar-refractivity contribution in [2.75, 3.05) is 26.8 Å². The average Bonchev–Trinajstić information content (AvgIpc) is 3.41. The fourth-order valence-corrected chi connectivity index (χ4v) is 3.69. The largest absolute Gasteiger partial charge is 0.488 e. The summed E-state index contributed by atoms with van der Waals surface area (Å²) in [5, 5.41) is 8.04. The summed E-state index contributed by atoms with van der Waals surface area (Å²) >= 11 is 0. The summed E-state index contributed by atoms with van der Waals surface area (Å²) in [6.07, 6.45) is 1.98. The number of benzene rings is 2. The van der Waals surface area contributed by atoms with Gasteiger partial charge in [-0.25, -0.2) is 0 Å². The Morgan fingerprint density at radius 1 is 1.19 bits per heavy atom. The topological polar surface area (TPSA) is 70.7 Å². The van der Waals surface area contributed by atoms with Crippen molar-refractivity contribution in [3.63, 3.8) is 0 Å². The number of aromatic amines is 1.